The van der Waals surface area contributed by atoms with Gasteiger partial charge in [-0.05, 0) is 34.6 Å². The quantitative estimate of drug-likeness (QED) is 0.642. The minimum atomic E-state index is -0.460. The van der Waals surface area contributed by atoms with Gasteiger partial charge in [0.05, 0.1) is 29.8 Å². The van der Waals surface area contributed by atoms with Gasteiger partial charge in [0.2, 0.25) is 0 Å². The molecule has 0 saturated carbocycles. The van der Waals surface area contributed by atoms with Gasteiger partial charge in [0.1, 0.15) is 5.60 Å². The van der Waals surface area contributed by atoms with Crippen LogP contribution in [0.3, 0.4) is 0 Å². The molecule has 0 radical (unpaired) electrons. The highest BCUT2D eigenvalue weighted by atomic mass is 127. The van der Waals surface area contributed by atoms with Crippen molar-refractivity contribution in [2.45, 2.75) is 52.8 Å². The van der Waals surface area contributed by atoms with E-state index in [0.717, 1.165) is 29.8 Å². The van der Waals surface area contributed by atoms with Crippen LogP contribution in [0.1, 0.15) is 36.3 Å². The number of amides is 1. The molecule has 0 aromatic carbocycles. The molecule has 0 spiro atoms. The standard InChI is InChI=1S/C17H27N5O2S.HI/c1-11-14(25-12(2)20-11)9-19-15-18-8-13-10-21(6-7-22(13)15)16(23)24-17(3,4)5;/h13H,6-10H2,1-5H3,(H,18,19);1H. The van der Waals surface area contributed by atoms with Crippen LogP contribution in [-0.2, 0) is 11.3 Å². The number of halogens is 1. The van der Waals surface area contributed by atoms with Crippen LogP contribution >= 0.6 is 35.3 Å². The monoisotopic (exact) mass is 493 g/mol. The number of ether oxygens (including phenoxy) is 1. The summed E-state index contributed by atoms with van der Waals surface area (Å²) in [5.41, 5.74) is 0.623. The molecular formula is C17H28IN5O2S. The Morgan fingerprint density at radius 1 is 1.35 bits per heavy atom. The maximum absolute atomic E-state index is 12.3. The Bertz CT molecular complexity index is 685. The molecule has 3 rings (SSSR count). The summed E-state index contributed by atoms with van der Waals surface area (Å²) in [5, 5.41) is 4.53. The number of carbonyl (C=O) groups excluding carboxylic acids is 1. The Morgan fingerprint density at radius 2 is 2.08 bits per heavy atom. The minimum Gasteiger partial charge on any atom is -0.444 e. The van der Waals surface area contributed by atoms with Crippen LogP contribution in [0.2, 0.25) is 0 Å². The Hall–Kier alpha value is -1.10. The molecular weight excluding hydrogens is 465 g/mol. The van der Waals surface area contributed by atoms with Crippen LogP contribution in [-0.4, -0.2) is 64.7 Å². The fraction of sp³-hybridized carbons (Fsp3) is 0.706. The molecule has 1 unspecified atom stereocenters. The van der Waals surface area contributed by atoms with Crippen molar-refractivity contribution in [3.63, 3.8) is 0 Å². The summed E-state index contributed by atoms with van der Waals surface area (Å²) in [5.74, 6) is 0.930. The molecule has 1 fully saturated rings. The molecule has 7 nitrogen and oxygen atoms in total. The second kappa shape index (κ2) is 8.28. The summed E-state index contributed by atoms with van der Waals surface area (Å²) in [7, 11) is 0. The third-order valence-corrected chi connectivity index (χ3v) is 5.34. The lowest BCUT2D eigenvalue weighted by Gasteiger charge is -2.39. The highest BCUT2D eigenvalue weighted by molar-refractivity contribution is 14.0. The van der Waals surface area contributed by atoms with Gasteiger partial charge < -0.3 is 19.9 Å². The summed E-state index contributed by atoms with van der Waals surface area (Å²) in [4.78, 5) is 26.7. The van der Waals surface area contributed by atoms with Crippen LogP contribution in [0, 0.1) is 13.8 Å². The number of guanidine groups is 1. The molecule has 146 valence electrons. The van der Waals surface area contributed by atoms with Gasteiger partial charge in [-0.2, -0.15) is 0 Å². The van der Waals surface area contributed by atoms with E-state index in [9.17, 15) is 4.79 Å². The number of nitrogens with one attached hydrogen (secondary N) is 1. The average Bonchev–Trinajstić information content (AvgIpc) is 3.05. The van der Waals surface area contributed by atoms with Crippen molar-refractivity contribution in [1.29, 1.82) is 0 Å². The first kappa shape index (κ1) is 21.2. The maximum atomic E-state index is 12.3. The summed E-state index contributed by atoms with van der Waals surface area (Å²) in [6.45, 7) is 13.3. The van der Waals surface area contributed by atoms with Crippen molar-refractivity contribution < 1.29 is 9.53 Å². The third-order valence-electron chi connectivity index (χ3n) is 4.26. The first-order chi connectivity index (χ1) is 11.7. The fourth-order valence-corrected chi connectivity index (χ4v) is 4.00. The van der Waals surface area contributed by atoms with Gasteiger partial charge >= 0.3 is 6.09 Å². The summed E-state index contributed by atoms with van der Waals surface area (Å²) in [6, 6.07) is 0.230. The molecule has 26 heavy (non-hydrogen) atoms. The van der Waals surface area contributed by atoms with Crippen molar-refractivity contribution in [2.24, 2.45) is 4.99 Å². The van der Waals surface area contributed by atoms with Crippen LogP contribution in [0.5, 0.6) is 0 Å². The molecule has 1 saturated heterocycles. The third kappa shape index (κ3) is 4.99. The van der Waals surface area contributed by atoms with E-state index in [-0.39, 0.29) is 36.1 Å². The molecule has 2 aliphatic rings. The highest BCUT2D eigenvalue weighted by Gasteiger charge is 2.36. The van der Waals surface area contributed by atoms with Gasteiger partial charge in [0.15, 0.2) is 5.96 Å². The Balaban J connectivity index is 0.00000243. The second-order valence-corrected chi connectivity index (χ2v) is 8.82. The van der Waals surface area contributed by atoms with Gasteiger partial charge in [-0.15, -0.1) is 35.3 Å². The molecule has 3 heterocycles. The van der Waals surface area contributed by atoms with E-state index in [1.807, 2.05) is 34.6 Å². The molecule has 1 aromatic heterocycles. The van der Waals surface area contributed by atoms with Crippen molar-refractivity contribution in [3.8, 4) is 0 Å². The zero-order chi connectivity index (χ0) is 18.2. The number of nitrogens with zero attached hydrogens (tertiary/aromatic N) is 4. The van der Waals surface area contributed by atoms with Crippen molar-refractivity contribution in [3.05, 3.63) is 15.6 Å². The molecule has 1 N–H and O–H groups in total. The Morgan fingerprint density at radius 3 is 2.69 bits per heavy atom. The molecule has 2 aliphatic heterocycles. The summed E-state index contributed by atoms with van der Waals surface area (Å²) < 4.78 is 5.48. The predicted molar refractivity (Wildman–Crippen MR) is 114 cm³/mol. The van der Waals surface area contributed by atoms with Crippen LogP contribution < -0.4 is 5.32 Å². The summed E-state index contributed by atoms with van der Waals surface area (Å²) >= 11 is 1.72. The minimum absolute atomic E-state index is 0. The first-order valence-electron chi connectivity index (χ1n) is 8.69. The molecule has 1 amide bonds. The number of rotatable bonds is 2. The van der Waals surface area contributed by atoms with E-state index in [1.165, 1.54) is 4.88 Å². The fourth-order valence-electron chi connectivity index (χ4n) is 3.12. The summed E-state index contributed by atoms with van der Waals surface area (Å²) in [6.07, 6.45) is -0.232. The van der Waals surface area contributed by atoms with E-state index < -0.39 is 5.60 Å². The number of aliphatic imine (C=N–C) groups is 1. The first-order valence-corrected chi connectivity index (χ1v) is 9.50. The normalized spacial score (nSPS) is 19.6. The van der Waals surface area contributed by atoms with Gasteiger partial charge in [0.25, 0.3) is 0 Å². The second-order valence-electron chi connectivity index (χ2n) is 7.53. The van der Waals surface area contributed by atoms with E-state index in [2.05, 4.69) is 20.2 Å². The van der Waals surface area contributed by atoms with Crippen molar-refractivity contribution >= 4 is 47.4 Å². The van der Waals surface area contributed by atoms with Gasteiger partial charge in [-0.1, -0.05) is 0 Å². The number of fused-ring (bicyclic) bond motifs is 1. The van der Waals surface area contributed by atoms with E-state index in [4.69, 9.17) is 4.74 Å². The van der Waals surface area contributed by atoms with Crippen LogP contribution in [0.15, 0.2) is 4.99 Å². The van der Waals surface area contributed by atoms with Crippen molar-refractivity contribution in [1.82, 2.24) is 20.1 Å². The number of thiazole rings is 1. The zero-order valence-electron chi connectivity index (χ0n) is 16.0. The van der Waals surface area contributed by atoms with E-state index in [0.29, 0.717) is 19.6 Å². The number of carbonyl (C=O) groups is 1. The van der Waals surface area contributed by atoms with E-state index in [1.54, 1.807) is 16.2 Å². The maximum Gasteiger partial charge on any atom is 0.410 e. The SMILES string of the molecule is Cc1nc(C)c(CNC2=NCC3CN(C(=O)OC(C)(C)C)CCN23)s1.I. The molecule has 0 bridgehead atoms. The smallest absolute Gasteiger partial charge is 0.410 e. The van der Waals surface area contributed by atoms with Gasteiger partial charge in [-0.3, -0.25) is 4.99 Å². The molecule has 1 aromatic rings. The molecule has 0 aliphatic carbocycles. The number of hydrogen-bond acceptors (Lipinski definition) is 7. The highest BCUT2D eigenvalue weighted by Crippen LogP contribution is 2.20. The van der Waals surface area contributed by atoms with E-state index >= 15 is 0 Å². The van der Waals surface area contributed by atoms with Crippen LogP contribution in [0.25, 0.3) is 0 Å². The number of piperazine rings is 1. The number of hydrogen-bond donors (Lipinski definition) is 1. The molecule has 1 atom stereocenters. The Kier molecular flexibility index (Phi) is 6.75. The lowest BCUT2D eigenvalue weighted by Crippen LogP contribution is -2.57. The zero-order valence-corrected chi connectivity index (χ0v) is 19.2. The lowest BCUT2D eigenvalue weighted by atomic mass is 10.2. The number of aryl methyl sites for hydroxylation is 2. The number of aromatic nitrogens is 1. The van der Waals surface area contributed by atoms with Gasteiger partial charge in [0, 0.05) is 24.5 Å². The molecule has 9 heteroatoms. The largest absolute Gasteiger partial charge is 0.444 e. The lowest BCUT2D eigenvalue weighted by molar-refractivity contribution is 0.0137. The topological polar surface area (TPSA) is 70.1 Å². The average molecular weight is 493 g/mol. The Labute approximate surface area is 176 Å². The van der Waals surface area contributed by atoms with Gasteiger partial charge in [-0.25, -0.2) is 9.78 Å². The predicted octanol–water partition coefficient (Wildman–Crippen LogP) is 2.76. The van der Waals surface area contributed by atoms with Crippen LogP contribution in [0.4, 0.5) is 4.79 Å². The van der Waals surface area contributed by atoms with Crippen molar-refractivity contribution in [2.75, 3.05) is 26.2 Å².